The Bertz CT molecular complexity index is 1740. The first-order valence-corrected chi connectivity index (χ1v) is 19.1. The van der Waals surface area contributed by atoms with Gasteiger partial charge in [0.05, 0.1) is 31.1 Å². The highest BCUT2D eigenvalue weighted by atomic mass is 16.8. The molecule has 2 aromatic carbocycles. The van der Waals surface area contributed by atoms with E-state index in [0.29, 0.717) is 22.3 Å². The van der Waals surface area contributed by atoms with Gasteiger partial charge in [-0.15, -0.1) is 0 Å². The maximum atomic E-state index is 13.7. The van der Waals surface area contributed by atoms with Crippen LogP contribution in [0.4, 0.5) is 0 Å². The fraction of sp³-hybridized carbons (Fsp3) is 0.524. The van der Waals surface area contributed by atoms with Gasteiger partial charge in [0, 0.05) is 42.4 Å². The van der Waals surface area contributed by atoms with E-state index in [1.165, 1.54) is 6.26 Å². The van der Waals surface area contributed by atoms with E-state index < -0.39 is 53.6 Å². The fourth-order valence-electron chi connectivity index (χ4n) is 7.03. The lowest BCUT2D eigenvalue weighted by Crippen LogP contribution is -2.44. The fourth-order valence-corrected chi connectivity index (χ4v) is 7.03. The third-order valence-electron chi connectivity index (χ3n) is 9.99. The standard InChI is InChI=1S/C42H52N2O11/c1-41(2,3)54-36(47)16-15-33(25-46)44-39(49)29-6-4-5-27(21-29)24-43-38(48)30-22-34(37-35(23-30)53-42(55-37,31-11-12-31)32-13-14-32)52-40(50)28-9-7-26(8-10-28)17-19-51-20-18-45/h4-10,17,19,21,23,31-35,37,45-46H,11-16,18,20,22,24-25H2,1-3H3,(H,43,48)(H,44,49). The van der Waals surface area contributed by atoms with Crippen LogP contribution in [0.1, 0.15) is 97.6 Å². The predicted molar refractivity (Wildman–Crippen MR) is 200 cm³/mol. The van der Waals surface area contributed by atoms with Crippen LogP contribution in [0.15, 0.2) is 66.4 Å². The molecule has 0 aromatic heterocycles. The minimum Gasteiger partial charge on any atom is -0.499 e. The molecule has 2 amide bonds. The Labute approximate surface area is 321 Å². The molecule has 4 aliphatic rings. The Balaban J connectivity index is 1.09. The molecule has 296 valence electrons. The second-order valence-electron chi connectivity index (χ2n) is 15.7. The van der Waals surface area contributed by atoms with Gasteiger partial charge in [0.2, 0.25) is 5.91 Å². The molecule has 6 rings (SSSR count). The molecular formula is C42H52N2O11. The molecule has 1 saturated heterocycles. The first-order valence-electron chi connectivity index (χ1n) is 19.1. The lowest BCUT2D eigenvalue weighted by molar-refractivity contribution is -0.209. The number of aliphatic hydroxyl groups is 2. The van der Waals surface area contributed by atoms with Gasteiger partial charge in [-0.25, -0.2) is 4.79 Å². The first-order chi connectivity index (χ1) is 26.4. The van der Waals surface area contributed by atoms with Crippen LogP contribution >= 0.6 is 0 Å². The van der Waals surface area contributed by atoms with Crippen LogP contribution in [0, 0.1) is 11.8 Å². The van der Waals surface area contributed by atoms with E-state index >= 15 is 0 Å². The van der Waals surface area contributed by atoms with E-state index in [9.17, 15) is 24.3 Å². The lowest BCUT2D eigenvalue weighted by atomic mass is 9.91. The molecule has 3 fully saturated rings. The zero-order valence-electron chi connectivity index (χ0n) is 31.7. The SMILES string of the molecule is CC(C)(C)OC(=O)CCC(CO)NC(=O)c1cccc(CNC(=O)C2=CC3OC(C4CC4)(C4CC4)OC3C(OC(=O)c3ccc(C=COCCO)cc3)C2)c1. The Morgan fingerprint density at radius 3 is 2.35 bits per heavy atom. The van der Waals surface area contributed by atoms with Gasteiger partial charge in [-0.1, -0.05) is 24.3 Å². The summed E-state index contributed by atoms with van der Waals surface area (Å²) in [5, 5.41) is 24.4. The summed E-state index contributed by atoms with van der Waals surface area (Å²) in [6.45, 7) is 5.20. The number of carbonyl (C=O) groups excluding carboxylic acids is 4. The minimum absolute atomic E-state index is 0.0417. The Hall–Kier alpha value is -4.56. The first kappa shape index (κ1) is 40.1. The molecule has 55 heavy (non-hydrogen) atoms. The normalized spacial score (nSPS) is 22.3. The van der Waals surface area contributed by atoms with Gasteiger partial charge in [0.1, 0.15) is 30.5 Å². The van der Waals surface area contributed by atoms with Gasteiger partial charge >= 0.3 is 11.9 Å². The highest BCUT2D eigenvalue weighted by Gasteiger charge is 2.64. The van der Waals surface area contributed by atoms with E-state index in [2.05, 4.69) is 10.6 Å². The average Bonchev–Trinajstić information content (AvgIpc) is 4.11. The number of amides is 2. The van der Waals surface area contributed by atoms with Crippen molar-refractivity contribution in [1.82, 2.24) is 10.6 Å². The summed E-state index contributed by atoms with van der Waals surface area (Å²) in [6.07, 6.45) is 7.52. The highest BCUT2D eigenvalue weighted by Crippen LogP contribution is 2.59. The van der Waals surface area contributed by atoms with Gasteiger partial charge in [-0.3, -0.25) is 14.4 Å². The molecule has 4 N–H and O–H groups in total. The number of hydrogen-bond donors (Lipinski definition) is 4. The van der Waals surface area contributed by atoms with E-state index in [1.807, 2.05) is 0 Å². The maximum Gasteiger partial charge on any atom is 0.338 e. The second-order valence-corrected chi connectivity index (χ2v) is 15.7. The van der Waals surface area contributed by atoms with Gasteiger partial charge < -0.3 is 44.5 Å². The monoisotopic (exact) mass is 760 g/mol. The zero-order chi connectivity index (χ0) is 39.2. The molecule has 1 aliphatic heterocycles. The summed E-state index contributed by atoms with van der Waals surface area (Å²) in [5.74, 6) is -1.92. The molecule has 13 nitrogen and oxygen atoms in total. The van der Waals surface area contributed by atoms with Crippen LogP contribution in [0.3, 0.4) is 0 Å². The van der Waals surface area contributed by atoms with Crippen LogP contribution in [-0.4, -0.2) is 89.5 Å². The van der Waals surface area contributed by atoms with Crippen molar-refractivity contribution in [2.75, 3.05) is 19.8 Å². The summed E-state index contributed by atoms with van der Waals surface area (Å²) >= 11 is 0. The summed E-state index contributed by atoms with van der Waals surface area (Å²) in [6, 6.07) is 13.0. The molecule has 4 atom stereocenters. The molecule has 2 aromatic rings. The van der Waals surface area contributed by atoms with E-state index in [1.54, 1.807) is 81.5 Å². The highest BCUT2D eigenvalue weighted by molar-refractivity contribution is 5.95. The van der Waals surface area contributed by atoms with Crippen molar-refractivity contribution in [3.05, 3.63) is 88.7 Å². The van der Waals surface area contributed by atoms with E-state index in [-0.39, 0.29) is 63.4 Å². The average molecular weight is 761 g/mol. The Morgan fingerprint density at radius 1 is 0.964 bits per heavy atom. The van der Waals surface area contributed by atoms with Crippen LogP contribution in [0.2, 0.25) is 0 Å². The van der Waals surface area contributed by atoms with Crippen molar-refractivity contribution < 1.29 is 53.1 Å². The van der Waals surface area contributed by atoms with Crippen LogP contribution in [0.25, 0.3) is 6.08 Å². The molecule has 1 heterocycles. The van der Waals surface area contributed by atoms with E-state index in [0.717, 1.165) is 31.2 Å². The zero-order valence-corrected chi connectivity index (χ0v) is 31.7. The topological polar surface area (TPSA) is 179 Å². The molecule has 0 spiro atoms. The number of fused-ring (bicyclic) bond motifs is 1. The van der Waals surface area contributed by atoms with Crippen molar-refractivity contribution in [2.45, 2.75) is 108 Å². The van der Waals surface area contributed by atoms with Gasteiger partial charge in [0.25, 0.3) is 5.91 Å². The summed E-state index contributed by atoms with van der Waals surface area (Å²) in [5.41, 5.74) is 1.94. The van der Waals surface area contributed by atoms with Crippen molar-refractivity contribution in [3.8, 4) is 0 Å². The number of rotatable bonds is 17. The molecule has 0 radical (unpaired) electrons. The number of hydrogen-bond acceptors (Lipinski definition) is 11. The predicted octanol–water partition coefficient (Wildman–Crippen LogP) is 4.35. The summed E-state index contributed by atoms with van der Waals surface area (Å²) < 4.78 is 30.0. The van der Waals surface area contributed by atoms with Gasteiger partial charge in [-0.2, -0.15) is 0 Å². The molecule has 3 aliphatic carbocycles. The number of aliphatic hydroxyl groups excluding tert-OH is 2. The van der Waals surface area contributed by atoms with Crippen molar-refractivity contribution in [3.63, 3.8) is 0 Å². The molecule has 4 unspecified atom stereocenters. The number of esters is 2. The number of ether oxygens (including phenoxy) is 5. The summed E-state index contributed by atoms with van der Waals surface area (Å²) in [7, 11) is 0. The maximum absolute atomic E-state index is 13.7. The molecule has 13 heteroatoms. The molecule has 2 saturated carbocycles. The Morgan fingerprint density at radius 2 is 1.69 bits per heavy atom. The molecule has 0 bridgehead atoms. The van der Waals surface area contributed by atoms with Crippen molar-refractivity contribution in [2.24, 2.45) is 11.8 Å². The van der Waals surface area contributed by atoms with E-state index in [4.69, 9.17) is 28.8 Å². The largest absolute Gasteiger partial charge is 0.499 e. The van der Waals surface area contributed by atoms with Crippen molar-refractivity contribution in [1.29, 1.82) is 0 Å². The van der Waals surface area contributed by atoms with Crippen LogP contribution in [-0.2, 0) is 39.8 Å². The number of nitrogens with one attached hydrogen (secondary N) is 2. The van der Waals surface area contributed by atoms with Crippen LogP contribution in [0.5, 0.6) is 0 Å². The van der Waals surface area contributed by atoms with Gasteiger partial charge in [-0.05, 0) is 100 Å². The quantitative estimate of drug-likeness (QED) is 0.102. The van der Waals surface area contributed by atoms with Crippen molar-refractivity contribution >= 4 is 29.8 Å². The minimum atomic E-state index is -0.768. The van der Waals surface area contributed by atoms with Gasteiger partial charge in [0.15, 0.2) is 5.79 Å². The Kier molecular flexibility index (Phi) is 12.8. The summed E-state index contributed by atoms with van der Waals surface area (Å²) in [4.78, 5) is 52.4. The smallest absolute Gasteiger partial charge is 0.338 e. The third kappa shape index (κ3) is 10.6. The number of carbonyl (C=O) groups is 4. The second kappa shape index (κ2) is 17.5. The lowest BCUT2D eigenvalue weighted by Gasteiger charge is -2.31. The molecular weight excluding hydrogens is 708 g/mol. The third-order valence-corrected chi connectivity index (χ3v) is 9.99. The van der Waals surface area contributed by atoms with Crippen LogP contribution < -0.4 is 10.6 Å². The number of benzene rings is 2.